The predicted molar refractivity (Wildman–Crippen MR) is 114 cm³/mol. The molecule has 1 aromatic heterocycles. The molecular formula is C21H21BrN4O3. The van der Waals surface area contributed by atoms with Gasteiger partial charge in [-0.1, -0.05) is 46.3 Å². The summed E-state index contributed by atoms with van der Waals surface area (Å²) in [6.45, 7) is 2.17. The van der Waals surface area contributed by atoms with E-state index in [2.05, 4.69) is 20.9 Å². The zero-order valence-electron chi connectivity index (χ0n) is 15.7. The quantitative estimate of drug-likeness (QED) is 0.629. The Morgan fingerprint density at radius 2 is 2.10 bits per heavy atom. The van der Waals surface area contributed by atoms with E-state index in [1.165, 1.54) is 4.90 Å². The average Bonchev–Trinajstić information content (AvgIpc) is 2.74. The fourth-order valence-electron chi connectivity index (χ4n) is 3.48. The summed E-state index contributed by atoms with van der Waals surface area (Å²) in [5.74, 6) is 0.569. The van der Waals surface area contributed by atoms with Gasteiger partial charge in [-0.15, -0.1) is 0 Å². The van der Waals surface area contributed by atoms with Gasteiger partial charge in [0.05, 0.1) is 24.8 Å². The molecule has 0 radical (unpaired) electrons. The highest BCUT2D eigenvalue weighted by Crippen LogP contribution is 2.22. The maximum atomic E-state index is 11.7. The first-order chi connectivity index (χ1) is 14.1. The minimum Gasteiger partial charge on any atom is -0.465 e. The SMILES string of the molecule is O=C(O)N1CCOCC1CN(Cc1ccccc1)c1ncc2cc(Br)ccc2n1. The summed E-state index contributed by atoms with van der Waals surface area (Å²) in [5, 5.41) is 10.5. The van der Waals surface area contributed by atoms with Crippen molar-refractivity contribution in [1.82, 2.24) is 14.9 Å². The zero-order chi connectivity index (χ0) is 20.2. The van der Waals surface area contributed by atoms with Gasteiger partial charge in [0.25, 0.3) is 0 Å². The van der Waals surface area contributed by atoms with Crippen LogP contribution in [0.25, 0.3) is 10.9 Å². The largest absolute Gasteiger partial charge is 0.465 e. The van der Waals surface area contributed by atoms with E-state index in [-0.39, 0.29) is 6.04 Å². The van der Waals surface area contributed by atoms with Gasteiger partial charge < -0.3 is 14.7 Å². The van der Waals surface area contributed by atoms with Crippen LogP contribution in [0.1, 0.15) is 5.56 Å². The number of benzene rings is 2. The Morgan fingerprint density at radius 3 is 2.90 bits per heavy atom. The van der Waals surface area contributed by atoms with Crippen molar-refractivity contribution in [3.8, 4) is 0 Å². The summed E-state index contributed by atoms with van der Waals surface area (Å²) in [4.78, 5) is 24.4. The summed E-state index contributed by atoms with van der Waals surface area (Å²) < 4.78 is 6.53. The Kier molecular flexibility index (Phi) is 5.92. The van der Waals surface area contributed by atoms with Crippen LogP contribution in [0.4, 0.5) is 10.7 Å². The molecule has 1 amide bonds. The lowest BCUT2D eigenvalue weighted by Crippen LogP contribution is -2.53. The molecule has 1 fully saturated rings. The van der Waals surface area contributed by atoms with Crippen molar-refractivity contribution in [2.75, 3.05) is 31.2 Å². The molecule has 0 bridgehead atoms. The Morgan fingerprint density at radius 1 is 1.28 bits per heavy atom. The first kappa shape index (κ1) is 19.6. The Hall–Kier alpha value is -2.71. The molecule has 1 atom stereocenters. The molecule has 2 aromatic carbocycles. The molecule has 2 heterocycles. The molecule has 8 heteroatoms. The molecule has 0 spiro atoms. The Balaban J connectivity index is 1.66. The van der Waals surface area contributed by atoms with Crippen molar-refractivity contribution in [3.63, 3.8) is 0 Å². The summed E-state index contributed by atoms with van der Waals surface area (Å²) in [5.41, 5.74) is 1.94. The molecule has 29 heavy (non-hydrogen) atoms. The number of anilines is 1. The number of fused-ring (bicyclic) bond motifs is 1. The highest BCUT2D eigenvalue weighted by atomic mass is 79.9. The molecule has 3 aromatic rings. The maximum absolute atomic E-state index is 11.7. The number of carboxylic acid groups (broad SMARTS) is 1. The molecule has 0 aliphatic carbocycles. The highest BCUT2D eigenvalue weighted by molar-refractivity contribution is 9.10. The van der Waals surface area contributed by atoms with E-state index in [0.717, 1.165) is 20.9 Å². The maximum Gasteiger partial charge on any atom is 0.407 e. The van der Waals surface area contributed by atoms with E-state index in [9.17, 15) is 9.90 Å². The van der Waals surface area contributed by atoms with Crippen LogP contribution < -0.4 is 4.90 Å². The lowest BCUT2D eigenvalue weighted by molar-refractivity contribution is 0.00237. The highest BCUT2D eigenvalue weighted by Gasteiger charge is 2.29. The average molecular weight is 457 g/mol. The van der Waals surface area contributed by atoms with Gasteiger partial charge in [0.2, 0.25) is 5.95 Å². The van der Waals surface area contributed by atoms with Gasteiger partial charge in [-0.3, -0.25) is 4.90 Å². The molecular weight excluding hydrogens is 436 g/mol. The lowest BCUT2D eigenvalue weighted by atomic mass is 10.1. The van der Waals surface area contributed by atoms with Gasteiger partial charge in [0.15, 0.2) is 0 Å². The van der Waals surface area contributed by atoms with Crippen molar-refractivity contribution in [1.29, 1.82) is 0 Å². The number of aromatic nitrogens is 2. The van der Waals surface area contributed by atoms with Gasteiger partial charge in [-0.05, 0) is 23.8 Å². The number of ether oxygens (including phenoxy) is 1. The Labute approximate surface area is 177 Å². The van der Waals surface area contributed by atoms with Crippen LogP contribution in [0.2, 0.25) is 0 Å². The van der Waals surface area contributed by atoms with Crippen LogP contribution in [-0.2, 0) is 11.3 Å². The van der Waals surface area contributed by atoms with Gasteiger partial charge >= 0.3 is 6.09 Å². The van der Waals surface area contributed by atoms with Crippen LogP contribution >= 0.6 is 15.9 Å². The standard InChI is InChI=1S/C21H21BrN4O3/c22-17-6-7-19-16(10-17)11-23-20(24-19)25(12-15-4-2-1-3-5-15)13-18-14-29-9-8-26(18)21(27)28/h1-7,10-11,18H,8-9,12-14H2,(H,27,28). The number of carbonyl (C=O) groups is 1. The second-order valence-corrected chi connectivity index (χ2v) is 7.86. The molecule has 1 aliphatic rings. The van der Waals surface area contributed by atoms with E-state index in [1.54, 1.807) is 6.20 Å². The van der Waals surface area contributed by atoms with Crippen molar-refractivity contribution in [2.24, 2.45) is 0 Å². The minimum atomic E-state index is -0.928. The second-order valence-electron chi connectivity index (χ2n) is 6.94. The fourth-order valence-corrected chi connectivity index (χ4v) is 3.86. The van der Waals surface area contributed by atoms with Crippen molar-refractivity contribution >= 4 is 38.9 Å². The number of nitrogens with zero attached hydrogens (tertiary/aromatic N) is 4. The first-order valence-electron chi connectivity index (χ1n) is 9.38. The Bertz CT molecular complexity index is 1000. The lowest BCUT2D eigenvalue weighted by Gasteiger charge is -2.36. The van der Waals surface area contributed by atoms with Gasteiger partial charge in [0.1, 0.15) is 0 Å². The molecule has 1 N–H and O–H groups in total. The van der Waals surface area contributed by atoms with Crippen LogP contribution in [0.5, 0.6) is 0 Å². The van der Waals surface area contributed by atoms with Gasteiger partial charge in [0, 0.05) is 35.7 Å². The van der Waals surface area contributed by atoms with Gasteiger partial charge in [-0.25, -0.2) is 14.8 Å². The first-order valence-corrected chi connectivity index (χ1v) is 10.2. The number of amides is 1. The predicted octanol–water partition coefficient (Wildman–Crippen LogP) is 3.78. The van der Waals surface area contributed by atoms with Gasteiger partial charge in [-0.2, -0.15) is 0 Å². The normalized spacial score (nSPS) is 16.7. The minimum absolute atomic E-state index is 0.283. The van der Waals surface area contributed by atoms with E-state index in [1.807, 2.05) is 53.4 Å². The fraction of sp³-hybridized carbons (Fsp3) is 0.286. The molecule has 0 saturated carbocycles. The third-order valence-corrected chi connectivity index (χ3v) is 5.43. The topological polar surface area (TPSA) is 78.8 Å². The summed E-state index contributed by atoms with van der Waals surface area (Å²) in [6, 6.07) is 15.6. The summed E-state index contributed by atoms with van der Waals surface area (Å²) in [6.07, 6.45) is 0.870. The van der Waals surface area contributed by atoms with E-state index in [4.69, 9.17) is 9.72 Å². The van der Waals surface area contributed by atoms with Crippen LogP contribution in [0.3, 0.4) is 0 Å². The second kappa shape index (κ2) is 8.75. The third-order valence-electron chi connectivity index (χ3n) is 4.93. The smallest absolute Gasteiger partial charge is 0.407 e. The molecule has 7 nitrogen and oxygen atoms in total. The third kappa shape index (κ3) is 4.65. The van der Waals surface area contributed by atoms with Crippen LogP contribution in [-0.4, -0.2) is 58.4 Å². The number of hydrogen-bond donors (Lipinski definition) is 1. The zero-order valence-corrected chi connectivity index (χ0v) is 17.3. The molecule has 4 rings (SSSR count). The van der Waals surface area contributed by atoms with Crippen molar-refractivity contribution < 1.29 is 14.6 Å². The van der Waals surface area contributed by atoms with Crippen LogP contribution in [0.15, 0.2) is 59.2 Å². The van der Waals surface area contributed by atoms with Crippen molar-refractivity contribution in [3.05, 3.63) is 64.8 Å². The number of hydrogen-bond acceptors (Lipinski definition) is 5. The molecule has 1 saturated heterocycles. The molecule has 150 valence electrons. The number of rotatable bonds is 5. The van der Waals surface area contributed by atoms with E-state index >= 15 is 0 Å². The molecule has 1 unspecified atom stereocenters. The van der Waals surface area contributed by atoms with E-state index < -0.39 is 6.09 Å². The summed E-state index contributed by atoms with van der Waals surface area (Å²) >= 11 is 3.47. The van der Waals surface area contributed by atoms with Crippen molar-refractivity contribution in [2.45, 2.75) is 12.6 Å². The van der Waals surface area contributed by atoms with E-state index in [0.29, 0.717) is 38.8 Å². The summed E-state index contributed by atoms with van der Waals surface area (Å²) in [7, 11) is 0. The van der Waals surface area contributed by atoms with Crippen LogP contribution in [0, 0.1) is 0 Å². The number of morpholine rings is 1. The monoisotopic (exact) mass is 456 g/mol. The molecule has 1 aliphatic heterocycles. The number of halogens is 1.